The number of pyridine rings is 1. The average Bonchev–Trinajstić information content (AvgIpc) is 3.21. The van der Waals surface area contributed by atoms with Crippen molar-refractivity contribution < 1.29 is 18.9 Å². The van der Waals surface area contributed by atoms with Gasteiger partial charge in [-0.2, -0.15) is 0 Å². The maximum absolute atomic E-state index is 12.7. The monoisotopic (exact) mass is 371 g/mol. The maximum Gasteiger partial charge on any atom is 0.254 e. The van der Waals surface area contributed by atoms with E-state index in [-0.39, 0.29) is 11.7 Å². The van der Waals surface area contributed by atoms with Crippen LogP contribution >= 0.6 is 0 Å². The molecular weight excluding hydrogens is 346 g/mol. The molecule has 2 aliphatic rings. The van der Waals surface area contributed by atoms with Crippen LogP contribution in [0, 0.1) is 6.92 Å². The maximum atomic E-state index is 12.7. The Morgan fingerprint density at radius 2 is 1.93 bits per heavy atom. The average molecular weight is 371 g/mol. The summed E-state index contributed by atoms with van der Waals surface area (Å²) in [5, 5.41) is 0. The molecule has 4 rings (SSSR count). The lowest BCUT2D eigenvalue weighted by atomic mass is 9.93. The van der Waals surface area contributed by atoms with E-state index in [0.717, 1.165) is 48.3 Å². The van der Waals surface area contributed by atoms with E-state index < -0.39 is 0 Å². The largest absolute Gasteiger partial charge is 0.493 e. The highest BCUT2D eigenvalue weighted by molar-refractivity contribution is 5.74. The first-order chi connectivity index (χ1) is 13.1. The molecule has 1 unspecified atom stereocenters. The van der Waals surface area contributed by atoms with Gasteiger partial charge in [0, 0.05) is 30.3 Å². The number of rotatable bonds is 5. The number of hydrogen-bond donors (Lipinski definition) is 0. The highest BCUT2D eigenvalue weighted by atomic mass is 16.5. The Hall–Kier alpha value is -2.47. The smallest absolute Gasteiger partial charge is 0.254 e. The van der Waals surface area contributed by atoms with Crippen LogP contribution in [0.4, 0.5) is 0 Å². The molecule has 2 aromatic rings. The molecule has 1 aromatic carbocycles. The highest BCUT2D eigenvalue weighted by Gasteiger charge is 2.25. The summed E-state index contributed by atoms with van der Waals surface area (Å²) in [6.07, 6.45) is 2.95. The summed E-state index contributed by atoms with van der Waals surface area (Å²) in [6, 6.07) is 5.55. The van der Waals surface area contributed by atoms with E-state index in [9.17, 15) is 4.79 Å². The summed E-state index contributed by atoms with van der Waals surface area (Å²) in [5.41, 5.74) is 3.95. The van der Waals surface area contributed by atoms with Gasteiger partial charge in [-0.15, -0.1) is 0 Å². The number of benzene rings is 1. The van der Waals surface area contributed by atoms with Crippen LogP contribution in [0.1, 0.15) is 24.0 Å². The third kappa shape index (κ3) is 3.18. The minimum Gasteiger partial charge on any atom is -0.493 e. The molecule has 0 bridgehead atoms. The lowest BCUT2D eigenvalue weighted by Gasteiger charge is -2.26. The normalized spacial score (nSPS) is 18.0. The Labute approximate surface area is 158 Å². The van der Waals surface area contributed by atoms with Gasteiger partial charge >= 0.3 is 0 Å². The second-order valence-electron chi connectivity index (χ2n) is 7.03. The number of hydrogen-bond acceptors (Lipinski definition) is 5. The fourth-order valence-corrected chi connectivity index (χ4v) is 3.99. The molecule has 144 valence electrons. The molecule has 6 heteroatoms. The third-order valence-corrected chi connectivity index (χ3v) is 5.43. The molecule has 3 heterocycles. The highest BCUT2D eigenvalue weighted by Crippen LogP contribution is 2.40. The predicted octanol–water partition coefficient (Wildman–Crippen LogP) is 2.95. The van der Waals surface area contributed by atoms with E-state index in [1.807, 2.05) is 23.6 Å². The van der Waals surface area contributed by atoms with Gasteiger partial charge < -0.3 is 23.5 Å². The van der Waals surface area contributed by atoms with Gasteiger partial charge in [-0.1, -0.05) is 0 Å². The summed E-state index contributed by atoms with van der Waals surface area (Å²) >= 11 is 0. The number of aromatic nitrogens is 1. The second-order valence-corrected chi connectivity index (χ2v) is 7.03. The van der Waals surface area contributed by atoms with Crippen molar-refractivity contribution in [1.29, 1.82) is 0 Å². The molecule has 0 radical (unpaired) electrons. The van der Waals surface area contributed by atoms with E-state index in [1.165, 1.54) is 0 Å². The van der Waals surface area contributed by atoms with Crippen molar-refractivity contribution in [1.82, 2.24) is 4.57 Å². The van der Waals surface area contributed by atoms with Crippen molar-refractivity contribution in [3.8, 4) is 28.5 Å². The molecule has 0 N–H and O–H groups in total. The number of aryl methyl sites for hydroxylation is 1. The van der Waals surface area contributed by atoms with Gasteiger partial charge in [0.25, 0.3) is 5.56 Å². The zero-order valence-corrected chi connectivity index (χ0v) is 16.0. The van der Waals surface area contributed by atoms with Gasteiger partial charge in [-0.05, 0) is 43.9 Å². The predicted molar refractivity (Wildman–Crippen MR) is 102 cm³/mol. The van der Waals surface area contributed by atoms with Gasteiger partial charge in [0.2, 0.25) is 0 Å². The Bertz CT molecular complexity index is 912. The molecule has 1 fully saturated rings. The quantitative estimate of drug-likeness (QED) is 0.809. The lowest BCUT2D eigenvalue weighted by Crippen LogP contribution is -2.27. The van der Waals surface area contributed by atoms with Gasteiger partial charge in [-0.3, -0.25) is 4.79 Å². The zero-order valence-electron chi connectivity index (χ0n) is 16.0. The molecule has 1 aromatic heterocycles. The summed E-state index contributed by atoms with van der Waals surface area (Å²) in [7, 11) is 3.25. The van der Waals surface area contributed by atoms with Gasteiger partial charge in [0.05, 0.1) is 26.0 Å². The summed E-state index contributed by atoms with van der Waals surface area (Å²) in [5.74, 6) is 1.99. The lowest BCUT2D eigenvalue weighted by molar-refractivity contribution is 0.0676. The first-order valence-corrected chi connectivity index (χ1v) is 9.36. The zero-order chi connectivity index (χ0) is 19.0. The number of ether oxygens (including phenoxy) is 4. The first kappa shape index (κ1) is 17.9. The Morgan fingerprint density at radius 1 is 1.15 bits per heavy atom. The Morgan fingerprint density at radius 3 is 2.63 bits per heavy atom. The molecule has 0 spiro atoms. The van der Waals surface area contributed by atoms with E-state index in [2.05, 4.69) is 0 Å². The fourth-order valence-electron chi connectivity index (χ4n) is 3.99. The van der Waals surface area contributed by atoms with Crippen LogP contribution in [-0.2, 0) is 17.7 Å². The molecule has 1 atom stereocenters. The van der Waals surface area contributed by atoms with Crippen LogP contribution in [0.3, 0.4) is 0 Å². The molecule has 6 nitrogen and oxygen atoms in total. The third-order valence-electron chi connectivity index (χ3n) is 5.43. The van der Waals surface area contributed by atoms with Crippen molar-refractivity contribution in [2.45, 2.75) is 38.8 Å². The first-order valence-electron chi connectivity index (χ1n) is 9.36. The van der Waals surface area contributed by atoms with Crippen LogP contribution in [0.15, 0.2) is 23.0 Å². The fraction of sp³-hybridized carbons (Fsp3) is 0.476. The standard InChI is InChI=1S/C21H25NO5/c1-13-17(27-12-15-5-4-8-26-15)11-20(23)22-7-6-14-9-18(24-2)19(25-3)10-16(14)21(13)22/h9-11,15H,4-8,12H2,1-3H3. The van der Waals surface area contributed by atoms with Crippen molar-refractivity contribution >= 4 is 0 Å². The Kier molecular flexibility index (Phi) is 4.83. The van der Waals surface area contributed by atoms with Crippen LogP contribution in [-0.4, -0.2) is 38.1 Å². The van der Waals surface area contributed by atoms with Crippen molar-refractivity contribution in [3.63, 3.8) is 0 Å². The second kappa shape index (κ2) is 7.27. The molecule has 0 saturated carbocycles. The van der Waals surface area contributed by atoms with Crippen LogP contribution in [0.25, 0.3) is 11.3 Å². The molecule has 1 saturated heterocycles. The van der Waals surface area contributed by atoms with Crippen LogP contribution in [0.5, 0.6) is 17.2 Å². The SMILES string of the molecule is COc1cc2c(cc1OC)-c1c(C)c(OCC3CCCO3)cc(=O)n1CC2. The van der Waals surface area contributed by atoms with E-state index in [4.69, 9.17) is 18.9 Å². The molecule has 27 heavy (non-hydrogen) atoms. The molecule has 0 aliphatic carbocycles. The number of fused-ring (bicyclic) bond motifs is 3. The van der Waals surface area contributed by atoms with Crippen LogP contribution in [0.2, 0.25) is 0 Å². The summed E-state index contributed by atoms with van der Waals surface area (Å²) in [4.78, 5) is 12.7. The Balaban J connectivity index is 1.77. The van der Waals surface area contributed by atoms with Gasteiger partial charge in [0.1, 0.15) is 12.4 Å². The van der Waals surface area contributed by atoms with E-state index in [1.54, 1.807) is 20.3 Å². The summed E-state index contributed by atoms with van der Waals surface area (Å²) in [6.45, 7) is 3.91. The molecular formula is C21H25NO5. The minimum absolute atomic E-state index is 0.0432. The minimum atomic E-state index is -0.0432. The van der Waals surface area contributed by atoms with E-state index in [0.29, 0.717) is 30.4 Å². The molecule has 0 amide bonds. The van der Waals surface area contributed by atoms with Gasteiger partial charge in [0.15, 0.2) is 11.5 Å². The van der Waals surface area contributed by atoms with Crippen molar-refractivity contribution in [2.75, 3.05) is 27.4 Å². The number of methoxy groups -OCH3 is 2. The van der Waals surface area contributed by atoms with Crippen LogP contribution < -0.4 is 19.8 Å². The topological polar surface area (TPSA) is 58.9 Å². The molecule has 2 aliphatic heterocycles. The van der Waals surface area contributed by atoms with Crippen molar-refractivity contribution in [2.24, 2.45) is 0 Å². The van der Waals surface area contributed by atoms with Gasteiger partial charge in [-0.25, -0.2) is 0 Å². The number of nitrogens with zero attached hydrogens (tertiary/aromatic N) is 1. The van der Waals surface area contributed by atoms with E-state index >= 15 is 0 Å². The van der Waals surface area contributed by atoms with Crippen molar-refractivity contribution in [3.05, 3.63) is 39.7 Å². The summed E-state index contributed by atoms with van der Waals surface area (Å²) < 4.78 is 24.3.